The van der Waals surface area contributed by atoms with E-state index in [1.165, 1.54) is 9.80 Å². The number of carbonyl (C=O) groups is 3. The maximum Gasteiger partial charge on any atom is 0.243 e. The van der Waals surface area contributed by atoms with Crippen molar-refractivity contribution in [3.63, 3.8) is 0 Å². The van der Waals surface area contributed by atoms with Gasteiger partial charge in [-0.25, -0.2) is 0 Å². The van der Waals surface area contributed by atoms with Crippen LogP contribution in [-0.4, -0.2) is 54.1 Å². The summed E-state index contributed by atoms with van der Waals surface area (Å²) >= 11 is 0. The lowest BCUT2D eigenvalue weighted by molar-refractivity contribution is -0.150. The van der Waals surface area contributed by atoms with Gasteiger partial charge < -0.3 is 14.6 Å². The number of piperazine rings is 1. The Morgan fingerprint density at radius 2 is 1.77 bits per heavy atom. The smallest absolute Gasteiger partial charge is 0.243 e. The second kappa shape index (κ2) is 4.02. The molecule has 1 aliphatic heterocycles. The first-order valence-electron chi connectivity index (χ1n) is 4.18. The van der Waals surface area contributed by atoms with Gasteiger partial charge in [0.05, 0.1) is 13.1 Å². The molecule has 1 rings (SSSR count). The van der Waals surface area contributed by atoms with Gasteiger partial charge in [0.25, 0.3) is 0 Å². The zero-order valence-electron chi connectivity index (χ0n) is 7.52. The maximum atomic E-state index is 11.3. The number of amides is 2. The van der Waals surface area contributed by atoms with Crippen molar-refractivity contribution in [1.82, 2.24) is 9.80 Å². The molecule has 0 unspecified atom stereocenters. The highest BCUT2D eigenvalue weighted by atomic mass is 16.2. The summed E-state index contributed by atoms with van der Waals surface area (Å²) in [6.45, 7) is 2.51. The molecule has 0 radical (unpaired) electrons. The zero-order valence-corrected chi connectivity index (χ0v) is 7.52. The highest BCUT2D eigenvalue weighted by Crippen LogP contribution is 2.02. The summed E-state index contributed by atoms with van der Waals surface area (Å²) in [7, 11) is 0. The van der Waals surface area contributed by atoms with Crippen LogP contribution in [0.4, 0.5) is 0 Å². The minimum Gasteiger partial charge on any atom is -0.332 e. The number of hydrogen-bond acceptors (Lipinski definition) is 3. The minimum absolute atomic E-state index is 0.0160. The van der Waals surface area contributed by atoms with E-state index < -0.39 is 0 Å². The van der Waals surface area contributed by atoms with E-state index in [1.807, 2.05) is 6.92 Å². The number of aldehydes is 1. The average molecular weight is 184 g/mol. The van der Waals surface area contributed by atoms with E-state index in [9.17, 15) is 14.4 Å². The first-order valence-corrected chi connectivity index (χ1v) is 4.18. The van der Waals surface area contributed by atoms with Gasteiger partial charge in [-0.15, -0.1) is 0 Å². The fourth-order valence-electron chi connectivity index (χ4n) is 1.25. The van der Waals surface area contributed by atoms with Gasteiger partial charge in [-0.05, 0) is 6.92 Å². The summed E-state index contributed by atoms with van der Waals surface area (Å²) in [6, 6.07) is 0. The molecule has 0 aliphatic carbocycles. The van der Waals surface area contributed by atoms with Crippen LogP contribution in [0.1, 0.15) is 6.92 Å². The topological polar surface area (TPSA) is 57.7 Å². The number of carbonyl (C=O) groups excluding carboxylic acids is 3. The fraction of sp³-hybridized carbons (Fsp3) is 0.625. The highest BCUT2D eigenvalue weighted by Gasteiger charge is 2.27. The third kappa shape index (κ3) is 2.05. The number of hydrogen-bond donors (Lipinski definition) is 0. The third-order valence-corrected chi connectivity index (χ3v) is 2.03. The van der Waals surface area contributed by atoms with E-state index >= 15 is 0 Å². The Kier molecular flexibility index (Phi) is 3.00. The molecule has 0 atom stereocenters. The van der Waals surface area contributed by atoms with Gasteiger partial charge >= 0.3 is 0 Å². The quantitative estimate of drug-likeness (QED) is 0.522. The normalized spacial score (nSPS) is 17.9. The zero-order chi connectivity index (χ0) is 9.84. The van der Waals surface area contributed by atoms with Crippen molar-refractivity contribution in [2.75, 3.05) is 26.2 Å². The molecular weight excluding hydrogens is 172 g/mol. The van der Waals surface area contributed by atoms with Gasteiger partial charge in [0, 0.05) is 6.54 Å². The molecule has 1 saturated heterocycles. The molecule has 72 valence electrons. The van der Waals surface area contributed by atoms with Crippen molar-refractivity contribution in [2.24, 2.45) is 0 Å². The van der Waals surface area contributed by atoms with Crippen LogP contribution in [0.5, 0.6) is 0 Å². The largest absolute Gasteiger partial charge is 0.332 e. The van der Waals surface area contributed by atoms with Gasteiger partial charge in [0.15, 0.2) is 0 Å². The van der Waals surface area contributed by atoms with E-state index in [4.69, 9.17) is 0 Å². The van der Waals surface area contributed by atoms with E-state index in [0.717, 1.165) is 0 Å². The van der Waals surface area contributed by atoms with Crippen LogP contribution in [0.15, 0.2) is 0 Å². The Labute approximate surface area is 76.3 Å². The highest BCUT2D eigenvalue weighted by molar-refractivity contribution is 5.93. The van der Waals surface area contributed by atoms with E-state index in [0.29, 0.717) is 12.8 Å². The second-order valence-electron chi connectivity index (χ2n) is 2.85. The predicted octanol–water partition coefficient (Wildman–Crippen LogP) is -1.12. The summed E-state index contributed by atoms with van der Waals surface area (Å²) in [4.78, 5) is 35.4. The summed E-state index contributed by atoms with van der Waals surface area (Å²) in [6.07, 6.45) is 0.632. The van der Waals surface area contributed by atoms with Crippen molar-refractivity contribution < 1.29 is 14.4 Å². The summed E-state index contributed by atoms with van der Waals surface area (Å²) in [5.74, 6) is -0.252. The molecule has 13 heavy (non-hydrogen) atoms. The van der Waals surface area contributed by atoms with Crippen molar-refractivity contribution in [1.29, 1.82) is 0 Å². The molecule has 0 spiro atoms. The Morgan fingerprint density at radius 1 is 1.23 bits per heavy atom. The number of rotatable bonds is 3. The van der Waals surface area contributed by atoms with Crippen molar-refractivity contribution in [2.45, 2.75) is 6.92 Å². The van der Waals surface area contributed by atoms with E-state index in [1.54, 1.807) is 0 Å². The van der Waals surface area contributed by atoms with Crippen molar-refractivity contribution in [3.05, 3.63) is 0 Å². The average Bonchev–Trinajstić information content (AvgIpc) is 2.11. The fourth-order valence-corrected chi connectivity index (χ4v) is 1.25. The Morgan fingerprint density at radius 3 is 2.31 bits per heavy atom. The van der Waals surface area contributed by atoms with Crippen LogP contribution in [0.2, 0.25) is 0 Å². The molecule has 0 aromatic rings. The Bertz CT molecular complexity index is 240. The van der Waals surface area contributed by atoms with Crippen LogP contribution >= 0.6 is 0 Å². The molecule has 0 aromatic carbocycles. The van der Waals surface area contributed by atoms with Crippen LogP contribution in [0.3, 0.4) is 0 Å². The van der Waals surface area contributed by atoms with Crippen LogP contribution < -0.4 is 0 Å². The maximum absolute atomic E-state index is 11.3. The predicted molar refractivity (Wildman–Crippen MR) is 44.9 cm³/mol. The molecule has 0 bridgehead atoms. The van der Waals surface area contributed by atoms with Crippen molar-refractivity contribution in [3.8, 4) is 0 Å². The van der Waals surface area contributed by atoms with Gasteiger partial charge in [0.2, 0.25) is 11.8 Å². The molecule has 0 N–H and O–H groups in total. The molecule has 2 amide bonds. The summed E-state index contributed by atoms with van der Waals surface area (Å²) in [5.41, 5.74) is 0. The van der Waals surface area contributed by atoms with Gasteiger partial charge in [-0.2, -0.15) is 0 Å². The van der Waals surface area contributed by atoms with Gasteiger partial charge in [-0.1, -0.05) is 0 Å². The summed E-state index contributed by atoms with van der Waals surface area (Å²) in [5, 5.41) is 0. The Balaban J connectivity index is 2.61. The van der Waals surface area contributed by atoms with Crippen molar-refractivity contribution >= 4 is 18.1 Å². The first kappa shape index (κ1) is 9.70. The van der Waals surface area contributed by atoms with E-state index in [-0.39, 0.29) is 31.4 Å². The molecular formula is C8H12N2O3. The van der Waals surface area contributed by atoms with Crippen LogP contribution in [-0.2, 0) is 14.4 Å². The number of nitrogens with zero attached hydrogens (tertiary/aromatic N) is 2. The molecule has 1 heterocycles. The monoisotopic (exact) mass is 184 g/mol. The van der Waals surface area contributed by atoms with Gasteiger partial charge in [0.1, 0.15) is 12.8 Å². The molecule has 0 aromatic heterocycles. The molecule has 1 fully saturated rings. The molecule has 5 nitrogen and oxygen atoms in total. The molecule has 5 heteroatoms. The van der Waals surface area contributed by atoms with Crippen LogP contribution in [0, 0.1) is 0 Å². The lowest BCUT2D eigenvalue weighted by Gasteiger charge is -2.31. The molecule has 1 aliphatic rings. The third-order valence-electron chi connectivity index (χ3n) is 2.03. The lowest BCUT2D eigenvalue weighted by atomic mass is 10.3. The first-order chi connectivity index (χ1) is 6.19. The number of likely N-dealkylation sites (N-methyl/N-ethyl adjacent to an activating group) is 1. The van der Waals surface area contributed by atoms with E-state index in [2.05, 4.69) is 0 Å². The van der Waals surface area contributed by atoms with Gasteiger partial charge in [-0.3, -0.25) is 9.59 Å². The van der Waals surface area contributed by atoms with Crippen LogP contribution in [0.25, 0.3) is 0 Å². The second-order valence-corrected chi connectivity index (χ2v) is 2.85. The minimum atomic E-state index is -0.159. The Hall–Kier alpha value is -1.39. The summed E-state index contributed by atoms with van der Waals surface area (Å²) < 4.78 is 0. The lowest BCUT2D eigenvalue weighted by Crippen LogP contribution is -2.53. The standard InChI is InChI=1S/C8H12N2O3/c1-2-9-5-8(13)10(3-4-11)6-7(9)12/h4H,2-3,5-6H2,1H3. The molecule has 0 saturated carbocycles. The SMILES string of the molecule is CCN1CC(=O)N(CC=O)CC1=O.